The van der Waals surface area contributed by atoms with Gasteiger partial charge in [0.25, 0.3) is 0 Å². The van der Waals surface area contributed by atoms with Crippen molar-refractivity contribution in [2.24, 2.45) is 7.05 Å². The second-order valence-corrected chi connectivity index (χ2v) is 13.0. The van der Waals surface area contributed by atoms with Crippen LogP contribution in [0.25, 0.3) is 22.3 Å². The number of nitrogens with zero attached hydrogens (tertiary/aromatic N) is 4. The van der Waals surface area contributed by atoms with Gasteiger partial charge in [-0.3, -0.25) is 4.98 Å². The van der Waals surface area contributed by atoms with Crippen LogP contribution >= 0.6 is 11.8 Å². The molecule has 210 valence electrons. The van der Waals surface area contributed by atoms with Gasteiger partial charge in [-0.2, -0.15) is 0 Å². The summed E-state index contributed by atoms with van der Waals surface area (Å²) in [5, 5.41) is 1.06. The number of hydrogen-bond acceptors (Lipinski definition) is 6. The summed E-state index contributed by atoms with van der Waals surface area (Å²) in [7, 11) is 2.02. The molecule has 3 aromatic heterocycles. The molecule has 1 unspecified atom stereocenters. The number of ether oxygens (including phenoxy) is 1. The highest BCUT2D eigenvalue weighted by Crippen LogP contribution is 2.44. The van der Waals surface area contributed by atoms with E-state index < -0.39 is 5.82 Å². The minimum Gasteiger partial charge on any atom is -0.487 e. The number of aromatic nitrogens is 4. The monoisotopic (exact) mass is 568 g/mol. The molecule has 0 N–H and O–H groups in total. The van der Waals surface area contributed by atoms with Gasteiger partial charge in [0.15, 0.2) is 11.6 Å². The zero-order valence-electron chi connectivity index (χ0n) is 23.9. The molecule has 2 aromatic carbocycles. The number of carbonyl (C=O) groups excluding carboxylic acids is 1. The maximum atomic E-state index is 13.2. The fraction of sp³-hybridized carbons (Fsp3) is 0.273. The smallest absolute Gasteiger partial charge is 0.159 e. The molecule has 0 aliphatic carbocycles. The van der Waals surface area contributed by atoms with Crippen molar-refractivity contribution in [2.75, 3.05) is 0 Å². The molecule has 0 aliphatic heterocycles. The minimum absolute atomic E-state index is 0.0735. The molecule has 8 heteroatoms. The lowest BCUT2D eigenvalue weighted by molar-refractivity contribution is -0.109. The van der Waals surface area contributed by atoms with Crippen molar-refractivity contribution >= 4 is 29.0 Å². The van der Waals surface area contributed by atoms with Crippen LogP contribution in [0, 0.1) is 12.7 Å². The summed E-state index contributed by atoms with van der Waals surface area (Å²) in [6.07, 6.45) is 5.73. The number of carbonyl (C=O) groups is 1. The number of benzene rings is 2. The van der Waals surface area contributed by atoms with Crippen molar-refractivity contribution in [3.8, 4) is 17.1 Å². The highest BCUT2D eigenvalue weighted by molar-refractivity contribution is 8.00. The van der Waals surface area contributed by atoms with Gasteiger partial charge in [0, 0.05) is 45.0 Å². The van der Waals surface area contributed by atoms with E-state index in [1.165, 1.54) is 0 Å². The molecule has 5 rings (SSSR count). The predicted molar refractivity (Wildman–Crippen MR) is 162 cm³/mol. The Hall–Kier alpha value is -4.04. The quantitative estimate of drug-likeness (QED) is 0.136. The molecular weight excluding hydrogens is 535 g/mol. The Bertz CT molecular complexity index is 1660. The van der Waals surface area contributed by atoms with Gasteiger partial charge < -0.3 is 14.1 Å². The summed E-state index contributed by atoms with van der Waals surface area (Å²) in [5.41, 5.74) is 5.81. The zero-order chi connectivity index (χ0) is 29.1. The minimum atomic E-state index is -0.472. The summed E-state index contributed by atoms with van der Waals surface area (Å²) < 4.78 is 21.4. The first kappa shape index (κ1) is 28.5. The van der Waals surface area contributed by atoms with Crippen molar-refractivity contribution in [3.05, 3.63) is 102 Å². The van der Waals surface area contributed by atoms with Crippen LogP contribution in [-0.4, -0.2) is 30.6 Å². The fourth-order valence-electron chi connectivity index (χ4n) is 4.79. The van der Waals surface area contributed by atoms with Crippen LogP contribution in [0.3, 0.4) is 0 Å². The molecule has 0 fully saturated rings. The average molecular weight is 569 g/mol. The Morgan fingerprint density at radius 1 is 1.00 bits per heavy atom. The molecule has 0 amide bonds. The van der Waals surface area contributed by atoms with Crippen molar-refractivity contribution in [1.82, 2.24) is 19.5 Å². The molecule has 0 radical (unpaired) electrons. The van der Waals surface area contributed by atoms with Crippen molar-refractivity contribution in [1.29, 1.82) is 0 Å². The topological polar surface area (TPSA) is 69.9 Å². The van der Waals surface area contributed by atoms with Crippen LogP contribution in [0.1, 0.15) is 49.2 Å². The summed E-state index contributed by atoms with van der Waals surface area (Å²) >= 11 is 1.76. The van der Waals surface area contributed by atoms with Gasteiger partial charge in [-0.1, -0.05) is 51.1 Å². The number of halogens is 1. The Labute approximate surface area is 244 Å². The van der Waals surface area contributed by atoms with E-state index >= 15 is 0 Å². The summed E-state index contributed by atoms with van der Waals surface area (Å²) in [6, 6.07) is 17.9. The second kappa shape index (κ2) is 11.8. The van der Waals surface area contributed by atoms with Crippen LogP contribution in [0.2, 0.25) is 0 Å². The molecular formula is C33H33FN4O2S. The average Bonchev–Trinajstić information content (AvgIpc) is 3.21. The number of pyridine rings is 1. The van der Waals surface area contributed by atoms with Crippen LogP contribution in [0.5, 0.6) is 5.75 Å². The maximum Gasteiger partial charge on any atom is 0.159 e. The first-order valence-electron chi connectivity index (χ1n) is 13.5. The number of fused-ring (bicyclic) bond motifs is 1. The third-order valence-corrected chi connectivity index (χ3v) is 7.98. The molecule has 6 nitrogen and oxygen atoms in total. The third kappa shape index (κ3) is 6.65. The number of aldehydes is 1. The third-order valence-electron chi connectivity index (χ3n) is 6.74. The normalized spacial score (nSPS) is 12.4. The number of hydrogen-bond donors (Lipinski definition) is 0. The Morgan fingerprint density at radius 3 is 2.37 bits per heavy atom. The predicted octanol–water partition coefficient (Wildman–Crippen LogP) is 7.47. The molecule has 41 heavy (non-hydrogen) atoms. The lowest BCUT2D eigenvalue weighted by Crippen LogP contribution is -2.13. The highest BCUT2D eigenvalue weighted by Gasteiger charge is 2.27. The van der Waals surface area contributed by atoms with E-state index in [1.54, 1.807) is 11.8 Å². The van der Waals surface area contributed by atoms with Crippen molar-refractivity contribution < 1.29 is 13.9 Å². The van der Waals surface area contributed by atoms with Gasteiger partial charge in [-0.25, -0.2) is 14.4 Å². The van der Waals surface area contributed by atoms with E-state index in [0.29, 0.717) is 18.9 Å². The van der Waals surface area contributed by atoms with Crippen LogP contribution in [0.4, 0.5) is 4.39 Å². The van der Waals surface area contributed by atoms with E-state index in [-0.39, 0.29) is 10.7 Å². The highest BCUT2D eigenvalue weighted by atomic mass is 32.2. The Morgan fingerprint density at radius 2 is 1.73 bits per heavy atom. The lowest BCUT2D eigenvalue weighted by atomic mass is 9.96. The number of aryl methyl sites for hydroxylation is 2. The fourth-order valence-corrected chi connectivity index (χ4v) is 6.06. The lowest BCUT2D eigenvalue weighted by Gasteiger charge is -2.21. The van der Waals surface area contributed by atoms with E-state index in [9.17, 15) is 9.18 Å². The van der Waals surface area contributed by atoms with Crippen molar-refractivity contribution in [2.45, 2.75) is 56.3 Å². The number of rotatable bonds is 9. The van der Waals surface area contributed by atoms with E-state index in [2.05, 4.69) is 52.4 Å². The molecule has 0 bridgehead atoms. The Kier molecular flexibility index (Phi) is 8.22. The standard InChI is InChI=1S/C33H33FN4O2S/c1-21-6-11-26(35-16-21)20-40-27-12-13-29-28(15-27)31(41-33(2,3)4)30(38(29)5)24(19-39)14-22-7-9-23(10-8-22)32-36-17-25(34)18-37-32/h6-13,15-19,24H,14,20H2,1-5H3. The first-order valence-corrected chi connectivity index (χ1v) is 14.3. The van der Waals surface area contributed by atoms with E-state index in [0.717, 1.165) is 68.3 Å². The largest absolute Gasteiger partial charge is 0.487 e. The van der Waals surface area contributed by atoms with Gasteiger partial charge in [-0.05, 0) is 48.7 Å². The zero-order valence-corrected chi connectivity index (χ0v) is 24.7. The molecule has 0 saturated carbocycles. The maximum absolute atomic E-state index is 13.2. The first-order chi connectivity index (χ1) is 19.6. The molecule has 3 heterocycles. The SMILES string of the molecule is Cc1ccc(COc2ccc3c(c2)c(SC(C)(C)C)c(C(C=O)Cc2ccc(-c4ncc(F)cn4)cc2)n3C)nc1. The second-order valence-electron chi connectivity index (χ2n) is 11.2. The number of thioether (sulfide) groups is 1. The van der Waals surface area contributed by atoms with E-state index in [1.807, 2.05) is 62.6 Å². The van der Waals surface area contributed by atoms with Gasteiger partial charge in [0.1, 0.15) is 18.6 Å². The van der Waals surface area contributed by atoms with Crippen LogP contribution < -0.4 is 4.74 Å². The van der Waals surface area contributed by atoms with Crippen LogP contribution in [-0.2, 0) is 24.9 Å². The molecule has 0 spiro atoms. The van der Waals surface area contributed by atoms with Gasteiger partial charge in [0.05, 0.1) is 24.0 Å². The van der Waals surface area contributed by atoms with E-state index in [4.69, 9.17) is 4.74 Å². The Balaban J connectivity index is 1.46. The molecule has 0 aliphatic rings. The summed E-state index contributed by atoms with van der Waals surface area (Å²) in [4.78, 5) is 26.3. The molecule has 5 aromatic rings. The molecule has 0 saturated heterocycles. The van der Waals surface area contributed by atoms with Gasteiger partial charge >= 0.3 is 0 Å². The van der Waals surface area contributed by atoms with Crippen molar-refractivity contribution in [3.63, 3.8) is 0 Å². The van der Waals surface area contributed by atoms with Gasteiger partial charge in [-0.15, -0.1) is 11.8 Å². The van der Waals surface area contributed by atoms with Gasteiger partial charge in [0.2, 0.25) is 0 Å². The summed E-state index contributed by atoms with van der Waals surface area (Å²) in [6.45, 7) is 8.92. The summed E-state index contributed by atoms with van der Waals surface area (Å²) in [5.74, 6) is 0.388. The van der Waals surface area contributed by atoms with Crippen LogP contribution in [0.15, 0.2) is 78.1 Å². The molecule has 1 atom stereocenters.